The average molecular weight is 291 g/mol. The Balaban J connectivity index is 0. The molecule has 0 amide bonds. The molecule has 0 aliphatic heterocycles. The summed E-state index contributed by atoms with van der Waals surface area (Å²) in [6, 6.07) is 0.814. The van der Waals surface area contributed by atoms with Gasteiger partial charge in [-0.15, -0.1) is 0 Å². The number of pyridine rings is 1. The van der Waals surface area contributed by atoms with Crippen LogP contribution in [0.5, 0.6) is 0 Å². The molecule has 20 heavy (non-hydrogen) atoms. The van der Waals surface area contributed by atoms with Gasteiger partial charge in [-0.1, -0.05) is 34.3 Å². The maximum absolute atomic E-state index is 12.3. The van der Waals surface area contributed by atoms with E-state index < -0.39 is 11.9 Å². The summed E-state index contributed by atoms with van der Waals surface area (Å²) in [6.07, 6.45) is -3.39. The van der Waals surface area contributed by atoms with E-state index in [-0.39, 0.29) is 5.69 Å². The third-order valence-electron chi connectivity index (χ3n) is 2.14. The van der Waals surface area contributed by atoms with Crippen LogP contribution >= 0.6 is 0 Å². The van der Waals surface area contributed by atoms with Gasteiger partial charge in [0, 0.05) is 12.7 Å². The third-order valence-corrected chi connectivity index (χ3v) is 2.14. The molecule has 0 fully saturated rings. The lowest BCUT2D eigenvalue weighted by Gasteiger charge is -2.21. The first kappa shape index (κ1) is 20.6. The molecule has 0 aliphatic rings. The highest BCUT2D eigenvalue weighted by molar-refractivity contribution is 5.68. The van der Waals surface area contributed by atoms with Gasteiger partial charge in [-0.2, -0.15) is 13.2 Å². The minimum atomic E-state index is -4.48. The fraction of sp³-hybridized carbons (Fsp3) is 0.500. The molecule has 2 N–H and O–H groups in total. The van der Waals surface area contributed by atoms with Crippen LogP contribution in [0.4, 0.5) is 24.5 Å². The summed E-state index contributed by atoms with van der Waals surface area (Å²) >= 11 is 0. The molecule has 1 aromatic rings. The quantitative estimate of drug-likeness (QED) is 0.858. The predicted octanol–water partition coefficient (Wildman–Crippen LogP) is 4.70. The van der Waals surface area contributed by atoms with Crippen molar-refractivity contribution in [3.8, 4) is 0 Å². The Morgan fingerprint density at radius 2 is 1.70 bits per heavy atom. The molecule has 1 aromatic heterocycles. The van der Waals surface area contributed by atoms with Crippen molar-refractivity contribution in [1.29, 1.82) is 0 Å². The Morgan fingerprint density at radius 3 is 2.00 bits per heavy atom. The Morgan fingerprint density at radius 1 is 1.25 bits per heavy atom. The van der Waals surface area contributed by atoms with Gasteiger partial charge in [0.2, 0.25) is 0 Å². The first-order valence-electron chi connectivity index (χ1n) is 6.45. The highest BCUT2D eigenvalue weighted by Crippen LogP contribution is 2.32. The lowest BCUT2D eigenvalue weighted by Crippen LogP contribution is -2.17. The van der Waals surface area contributed by atoms with E-state index in [1.54, 1.807) is 18.9 Å². The number of rotatable bonds is 2. The van der Waals surface area contributed by atoms with Gasteiger partial charge in [0.05, 0.1) is 17.6 Å². The maximum atomic E-state index is 12.3. The number of hydrogen-bond donors (Lipinski definition) is 1. The molecular weight excluding hydrogens is 267 g/mol. The average Bonchev–Trinajstić information content (AvgIpc) is 2.41. The van der Waals surface area contributed by atoms with Crippen LogP contribution in [0.1, 0.15) is 40.3 Å². The largest absolute Gasteiger partial charge is 0.433 e. The lowest BCUT2D eigenvalue weighted by molar-refractivity contribution is -0.141. The monoisotopic (exact) mass is 291 g/mol. The van der Waals surface area contributed by atoms with E-state index in [0.29, 0.717) is 11.4 Å². The van der Waals surface area contributed by atoms with Crippen molar-refractivity contribution in [3.05, 3.63) is 30.2 Å². The van der Waals surface area contributed by atoms with Crippen molar-refractivity contribution in [2.75, 3.05) is 17.7 Å². The van der Waals surface area contributed by atoms with Gasteiger partial charge in [-0.05, 0) is 13.0 Å². The standard InChI is InChI=1S/C10H12F3N3.2C2H6/c1-6(2)16(3)8-5-15-9(4-7(8)14)10(11,12)13;2*1-2/h4-5H,1H2,2-3H3,(H2,14,15);2*1-2H3. The fourth-order valence-electron chi connectivity index (χ4n) is 1.10. The van der Waals surface area contributed by atoms with Gasteiger partial charge in [0.1, 0.15) is 5.69 Å². The summed E-state index contributed by atoms with van der Waals surface area (Å²) in [5, 5.41) is 0. The van der Waals surface area contributed by atoms with Crippen molar-refractivity contribution < 1.29 is 13.2 Å². The highest BCUT2D eigenvalue weighted by Gasteiger charge is 2.33. The number of aromatic nitrogens is 1. The Bertz CT molecular complexity index is 415. The number of nitrogens with two attached hydrogens (primary N) is 1. The zero-order valence-corrected chi connectivity index (χ0v) is 13.0. The molecule has 0 atom stereocenters. The molecule has 0 saturated heterocycles. The molecule has 3 nitrogen and oxygen atoms in total. The van der Waals surface area contributed by atoms with Crippen LogP contribution in [-0.4, -0.2) is 12.0 Å². The normalized spacial score (nSPS) is 9.65. The molecule has 0 radical (unpaired) electrons. The fourth-order valence-corrected chi connectivity index (χ4v) is 1.10. The van der Waals surface area contributed by atoms with Crippen LogP contribution < -0.4 is 10.6 Å². The van der Waals surface area contributed by atoms with Crippen LogP contribution in [0.15, 0.2) is 24.5 Å². The Hall–Kier alpha value is -1.72. The van der Waals surface area contributed by atoms with E-state index >= 15 is 0 Å². The second-order valence-electron chi connectivity index (χ2n) is 3.42. The van der Waals surface area contributed by atoms with E-state index in [9.17, 15) is 13.2 Å². The summed E-state index contributed by atoms with van der Waals surface area (Å²) < 4.78 is 36.9. The third kappa shape index (κ3) is 5.95. The summed E-state index contributed by atoms with van der Waals surface area (Å²) in [5.41, 5.74) is 5.62. The number of alkyl halides is 3. The van der Waals surface area contributed by atoms with Gasteiger partial charge in [-0.3, -0.25) is 0 Å². The van der Waals surface area contributed by atoms with E-state index in [4.69, 9.17) is 5.73 Å². The Labute approximate surface area is 119 Å². The van der Waals surface area contributed by atoms with Crippen molar-refractivity contribution in [1.82, 2.24) is 4.98 Å². The smallest absolute Gasteiger partial charge is 0.397 e. The Kier molecular flexibility index (Phi) is 9.50. The first-order chi connectivity index (χ1) is 9.23. The van der Waals surface area contributed by atoms with Crippen LogP contribution in [0.25, 0.3) is 0 Å². The van der Waals surface area contributed by atoms with Crippen LogP contribution in [0, 0.1) is 0 Å². The number of nitrogens with zero attached hydrogens (tertiary/aromatic N) is 2. The highest BCUT2D eigenvalue weighted by atomic mass is 19.4. The van der Waals surface area contributed by atoms with Gasteiger partial charge in [0.15, 0.2) is 0 Å². The van der Waals surface area contributed by atoms with Crippen LogP contribution in [0.2, 0.25) is 0 Å². The van der Waals surface area contributed by atoms with Crippen LogP contribution in [-0.2, 0) is 6.18 Å². The number of nitrogen functional groups attached to an aromatic ring is 1. The molecule has 6 heteroatoms. The zero-order chi connectivity index (χ0) is 16.5. The topological polar surface area (TPSA) is 42.2 Å². The summed E-state index contributed by atoms with van der Waals surface area (Å²) in [7, 11) is 1.66. The molecule has 0 spiro atoms. The second-order valence-corrected chi connectivity index (χ2v) is 3.42. The van der Waals surface area contributed by atoms with Crippen molar-refractivity contribution in [3.63, 3.8) is 0 Å². The van der Waals surface area contributed by atoms with Crippen molar-refractivity contribution >= 4 is 11.4 Å². The number of hydrogen-bond acceptors (Lipinski definition) is 3. The predicted molar refractivity (Wildman–Crippen MR) is 79.6 cm³/mol. The molecule has 0 aromatic carbocycles. The van der Waals surface area contributed by atoms with E-state index in [2.05, 4.69) is 11.6 Å². The molecule has 1 rings (SSSR count). The molecule has 0 unspecified atom stereocenters. The minimum absolute atomic E-state index is 0.0211. The molecule has 0 aliphatic carbocycles. The molecule has 116 valence electrons. The van der Waals surface area contributed by atoms with E-state index in [1.165, 1.54) is 0 Å². The molecule has 0 saturated carbocycles. The zero-order valence-electron chi connectivity index (χ0n) is 13.0. The van der Waals surface area contributed by atoms with Crippen LogP contribution in [0.3, 0.4) is 0 Å². The van der Waals surface area contributed by atoms with Gasteiger partial charge in [-0.25, -0.2) is 4.98 Å². The van der Waals surface area contributed by atoms with E-state index in [1.807, 2.05) is 27.7 Å². The summed E-state index contributed by atoms with van der Waals surface area (Å²) in [5.74, 6) is 0. The SMILES string of the molecule is C=C(C)N(C)c1cnc(C(F)(F)F)cc1N.CC.CC. The molecule has 1 heterocycles. The minimum Gasteiger partial charge on any atom is -0.397 e. The first-order valence-corrected chi connectivity index (χ1v) is 6.45. The molecular formula is C14H24F3N3. The number of anilines is 2. The maximum Gasteiger partial charge on any atom is 0.433 e. The molecule has 0 bridgehead atoms. The summed E-state index contributed by atoms with van der Waals surface area (Å²) in [6.45, 7) is 13.4. The van der Waals surface area contributed by atoms with Gasteiger partial charge < -0.3 is 10.6 Å². The second kappa shape index (κ2) is 9.23. The van der Waals surface area contributed by atoms with Gasteiger partial charge >= 0.3 is 6.18 Å². The van der Waals surface area contributed by atoms with Gasteiger partial charge in [0.25, 0.3) is 0 Å². The number of halogens is 3. The van der Waals surface area contributed by atoms with Crippen molar-refractivity contribution in [2.45, 2.75) is 40.8 Å². The van der Waals surface area contributed by atoms with Crippen molar-refractivity contribution in [2.24, 2.45) is 0 Å². The van der Waals surface area contributed by atoms with E-state index in [0.717, 1.165) is 12.3 Å². The lowest BCUT2D eigenvalue weighted by atomic mass is 10.2. The summed E-state index contributed by atoms with van der Waals surface area (Å²) in [4.78, 5) is 4.90. The number of allylic oxidation sites excluding steroid dienone is 1.